The third-order valence-electron chi connectivity index (χ3n) is 5.14. The van der Waals surface area contributed by atoms with E-state index in [2.05, 4.69) is 41.3 Å². The van der Waals surface area contributed by atoms with Crippen molar-refractivity contribution in [3.05, 3.63) is 77.9 Å². The Morgan fingerprint density at radius 1 is 1.12 bits per heavy atom. The van der Waals surface area contributed by atoms with E-state index in [9.17, 15) is 4.79 Å². The summed E-state index contributed by atoms with van der Waals surface area (Å²) >= 11 is 0. The molecule has 5 heteroatoms. The Kier molecular flexibility index (Phi) is 4.52. The third kappa shape index (κ3) is 3.12. The highest BCUT2D eigenvalue weighted by Gasteiger charge is 2.27. The molecular weight excluding hydrogens is 324 g/mol. The standard InChI is InChI=1S/C21H22N4O/c1-16-7-2-3-9-18(16)17-8-6-12-24(13-17)21(26)19-10-4-5-11-20(19)25-15-22-14-23-25/h2-5,7,9-11,14-15,17H,6,8,12-13H2,1H3/t17-/m1/s1. The van der Waals surface area contributed by atoms with Crippen molar-refractivity contribution >= 4 is 5.91 Å². The molecule has 0 unspecified atom stereocenters. The molecule has 0 radical (unpaired) electrons. The highest BCUT2D eigenvalue weighted by Crippen LogP contribution is 2.30. The van der Waals surface area contributed by atoms with E-state index < -0.39 is 0 Å². The van der Waals surface area contributed by atoms with Crippen LogP contribution in [0.2, 0.25) is 0 Å². The van der Waals surface area contributed by atoms with E-state index in [-0.39, 0.29) is 5.91 Å². The van der Waals surface area contributed by atoms with Crippen LogP contribution in [-0.2, 0) is 0 Å². The number of benzene rings is 2. The number of para-hydroxylation sites is 1. The average Bonchev–Trinajstić information content (AvgIpc) is 3.22. The number of aryl methyl sites for hydroxylation is 1. The zero-order valence-electron chi connectivity index (χ0n) is 14.9. The fraction of sp³-hybridized carbons (Fsp3) is 0.286. The summed E-state index contributed by atoms with van der Waals surface area (Å²) in [5.41, 5.74) is 4.10. The Morgan fingerprint density at radius 2 is 1.92 bits per heavy atom. The van der Waals surface area contributed by atoms with Gasteiger partial charge in [-0.3, -0.25) is 4.79 Å². The zero-order chi connectivity index (χ0) is 17.9. The van der Waals surface area contributed by atoms with Crippen LogP contribution in [0.5, 0.6) is 0 Å². The van der Waals surface area contributed by atoms with Crippen molar-refractivity contribution in [2.24, 2.45) is 0 Å². The number of rotatable bonds is 3. The minimum absolute atomic E-state index is 0.0642. The number of piperidine rings is 1. The van der Waals surface area contributed by atoms with Crippen LogP contribution in [0.3, 0.4) is 0 Å². The molecule has 0 spiro atoms. The molecule has 1 atom stereocenters. The molecule has 5 nitrogen and oxygen atoms in total. The Labute approximate surface area is 153 Å². The van der Waals surface area contributed by atoms with Crippen LogP contribution in [-0.4, -0.2) is 38.7 Å². The normalized spacial score (nSPS) is 17.3. The van der Waals surface area contributed by atoms with E-state index in [1.807, 2.05) is 29.2 Å². The first-order valence-electron chi connectivity index (χ1n) is 9.03. The molecule has 2 heterocycles. The molecule has 1 fully saturated rings. The number of nitrogens with zero attached hydrogens (tertiary/aromatic N) is 4. The first-order valence-corrected chi connectivity index (χ1v) is 9.03. The van der Waals surface area contributed by atoms with Crippen molar-refractivity contribution < 1.29 is 4.79 Å². The molecule has 1 aliphatic heterocycles. The maximum absolute atomic E-state index is 13.2. The maximum Gasteiger partial charge on any atom is 0.256 e. The van der Waals surface area contributed by atoms with E-state index in [0.29, 0.717) is 11.5 Å². The predicted octanol–water partition coefficient (Wildman–Crippen LogP) is 3.60. The van der Waals surface area contributed by atoms with Gasteiger partial charge < -0.3 is 4.90 Å². The SMILES string of the molecule is Cc1ccccc1[C@@H]1CCCN(C(=O)c2ccccc2-n2cncn2)C1. The van der Waals surface area contributed by atoms with Crippen molar-refractivity contribution in [3.63, 3.8) is 0 Å². The van der Waals surface area contributed by atoms with Crippen molar-refractivity contribution in [1.29, 1.82) is 0 Å². The summed E-state index contributed by atoms with van der Waals surface area (Å²) < 4.78 is 1.65. The van der Waals surface area contributed by atoms with Gasteiger partial charge in [0.1, 0.15) is 12.7 Å². The Bertz CT molecular complexity index is 904. The summed E-state index contributed by atoms with van der Waals surface area (Å²) in [7, 11) is 0. The molecule has 1 amide bonds. The molecule has 4 rings (SSSR count). The Morgan fingerprint density at radius 3 is 2.73 bits per heavy atom. The lowest BCUT2D eigenvalue weighted by atomic mass is 9.87. The second kappa shape index (κ2) is 7.12. The minimum atomic E-state index is 0.0642. The summed E-state index contributed by atoms with van der Waals surface area (Å²) in [4.78, 5) is 19.2. The lowest BCUT2D eigenvalue weighted by molar-refractivity contribution is 0.0706. The van der Waals surface area contributed by atoms with Crippen LogP contribution >= 0.6 is 0 Å². The fourth-order valence-electron chi connectivity index (χ4n) is 3.82. The van der Waals surface area contributed by atoms with Crippen LogP contribution in [0.1, 0.15) is 40.2 Å². The molecule has 3 aromatic rings. The molecule has 1 aliphatic rings. The molecular formula is C21H22N4O. The first kappa shape index (κ1) is 16.5. The van der Waals surface area contributed by atoms with Crippen LogP contribution in [0.25, 0.3) is 5.69 Å². The molecule has 132 valence electrons. The van der Waals surface area contributed by atoms with Gasteiger partial charge in [0, 0.05) is 19.0 Å². The van der Waals surface area contributed by atoms with Crippen LogP contribution in [0.15, 0.2) is 61.2 Å². The topological polar surface area (TPSA) is 51.0 Å². The maximum atomic E-state index is 13.2. The second-order valence-electron chi connectivity index (χ2n) is 6.80. The summed E-state index contributed by atoms with van der Waals surface area (Å²) in [6.07, 6.45) is 5.25. The van der Waals surface area contributed by atoms with E-state index in [4.69, 9.17) is 0 Å². The summed E-state index contributed by atoms with van der Waals surface area (Å²) in [6, 6.07) is 16.1. The summed E-state index contributed by atoms with van der Waals surface area (Å²) in [6.45, 7) is 3.71. The van der Waals surface area contributed by atoms with Gasteiger partial charge in [-0.05, 0) is 43.0 Å². The Hall–Kier alpha value is -2.95. The Balaban J connectivity index is 1.60. The first-order chi connectivity index (χ1) is 12.7. The number of hydrogen-bond acceptors (Lipinski definition) is 3. The highest BCUT2D eigenvalue weighted by molar-refractivity contribution is 5.97. The highest BCUT2D eigenvalue weighted by atomic mass is 16.2. The summed E-state index contributed by atoms with van der Waals surface area (Å²) in [5.74, 6) is 0.460. The third-order valence-corrected chi connectivity index (χ3v) is 5.14. The zero-order valence-corrected chi connectivity index (χ0v) is 14.9. The predicted molar refractivity (Wildman–Crippen MR) is 100 cm³/mol. The van der Waals surface area contributed by atoms with E-state index in [0.717, 1.165) is 31.6 Å². The lowest BCUT2D eigenvalue weighted by Crippen LogP contribution is -2.39. The van der Waals surface area contributed by atoms with Crippen molar-refractivity contribution in [3.8, 4) is 5.69 Å². The number of amides is 1. The molecule has 0 aliphatic carbocycles. The summed E-state index contributed by atoms with van der Waals surface area (Å²) in [5, 5.41) is 4.18. The van der Waals surface area contributed by atoms with Crippen molar-refractivity contribution in [2.75, 3.05) is 13.1 Å². The van der Waals surface area contributed by atoms with Crippen molar-refractivity contribution in [1.82, 2.24) is 19.7 Å². The largest absolute Gasteiger partial charge is 0.338 e. The molecule has 26 heavy (non-hydrogen) atoms. The number of likely N-dealkylation sites (tertiary alicyclic amines) is 1. The van der Waals surface area contributed by atoms with E-state index in [1.54, 1.807) is 11.0 Å². The van der Waals surface area contributed by atoms with Crippen LogP contribution < -0.4 is 0 Å². The fourth-order valence-corrected chi connectivity index (χ4v) is 3.82. The van der Waals surface area contributed by atoms with Gasteiger partial charge in [0.25, 0.3) is 5.91 Å². The van der Waals surface area contributed by atoms with Gasteiger partial charge in [-0.2, -0.15) is 5.10 Å². The van der Waals surface area contributed by atoms with Crippen LogP contribution in [0.4, 0.5) is 0 Å². The van der Waals surface area contributed by atoms with Gasteiger partial charge >= 0.3 is 0 Å². The smallest absolute Gasteiger partial charge is 0.256 e. The second-order valence-corrected chi connectivity index (χ2v) is 6.80. The number of hydrogen-bond donors (Lipinski definition) is 0. The van der Waals surface area contributed by atoms with E-state index in [1.165, 1.54) is 17.5 Å². The quantitative estimate of drug-likeness (QED) is 0.728. The molecule has 1 aromatic heterocycles. The van der Waals surface area contributed by atoms with Gasteiger partial charge in [0.15, 0.2) is 0 Å². The number of carbonyl (C=O) groups is 1. The molecule has 1 saturated heterocycles. The monoisotopic (exact) mass is 346 g/mol. The van der Waals surface area contributed by atoms with E-state index >= 15 is 0 Å². The number of carbonyl (C=O) groups excluding carboxylic acids is 1. The van der Waals surface area contributed by atoms with Gasteiger partial charge in [0.05, 0.1) is 11.3 Å². The van der Waals surface area contributed by atoms with Gasteiger partial charge in [-0.1, -0.05) is 36.4 Å². The van der Waals surface area contributed by atoms with Gasteiger partial charge in [-0.15, -0.1) is 0 Å². The lowest BCUT2D eigenvalue weighted by Gasteiger charge is -2.34. The van der Waals surface area contributed by atoms with Crippen molar-refractivity contribution in [2.45, 2.75) is 25.7 Å². The van der Waals surface area contributed by atoms with Crippen LogP contribution in [0, 0.1) is 6.92 Å². The minimum Gasteiger partial charge on any atom is -0.338 e. The molecule has 0 saturated carbocycles. The molecule has 2 aromatic carbocycles. The number of aromatic nitrogens is 3. The molecule has 0 bridgehead atoms. The molecule has 0 N–H and O–H groups in total. The average molecular weight is 346 g/mol. The van der Waals surface area contributed by atoms with Gasteiger partial charge in [0.2, 0.25) is 0 Å². The van der Waals surface area contributed by atoms with Gasteiger partial charge in [-0.25, -0.2) is 9.67 Å².